The summed E-state index contributed by atoms with van der Waals surface area (Å²) in [7, 11) is 0. The topological polar surface area (TPSA) is 75.6 Å². The molecular weight excluding hydrogens is 362 g/mol. The van der Waals surface area contributed by atoms with E-state index in [0.717, 1.165) is 10.0 Å². The van der Waals surface area contributed by atoms with Crippen molar-refractivity contribution < 1.29 is 19.4 Å². The summed E-state index contributed by atoms with van der Waals surface area (Å²) >= 11 is 3.31. The lowest BCUT2D eigenvalue weighted by molar-refractivity contribution is -0.123. The minimum atomic E-state index is -0.994. The minimum absolute atomic E-state index is 0.0355. The first kappa shape index (κ1) is 17.0. The summed E-state index contributed by atoms with van der Waals surface area (Å²) in [5, 5.41) is 12.4. The van der Waals surface area contributed by atoms with Crippen LogP contribution in [-0.2, 0) is 9.53 Å². The van der Waals surface area contributed by atoms with E-state index in [1.807, 2.05) is 0 Å². The standard InChI is InChI=1S/C17H16BrNO4/c1-10-3-8-15(20)14(9-10)17(22)23-11(2)16(21)19-13-6-4-12(18)5-7-13/h3-9,11,20H,1-2H3,(H,19,21)/t11-/m0/s1. The number of carbonyl (C=O) groups excluding carboxylic acids is 2. The molecule has 0 aliphatic heterocycles. The molecule has 2 N–H and O–H groups in total. The van der Waals surface area contributed by atoms with Crippen molar-refractivity contribution in [1.82, 2.24) is 0 Å². The smallest absolute Gasteiger partial charge is 0.342 e. The summed E-state index contributed by atoms with van der Waals surface area (Å²) in [4.78, 5) is 24.1. The molecule has 0 fully saturated rings. The van der Waals surface area contributed by atoms with Crippen LogP contribution in [0.15, 0.2) is 46.9 Å². The van der Waals surface area contributed by atoms with Gasteiger partial charge in [-0.3, -0.25) is 4.79 Å². The number of aromatic hydroxyl groups is 1. The first-order valence-electron chi connectivity index (χ1n) is 6.94. The molecule has 2 rings (SSSR count). The average molecular weight is 378 g/mol. The van der Waals surface area contributed by atoms with Gasteiger partial charge in [-0.25, -0.2) is 4.79 Å². The van der Waals surface area contributed by atoms with E-state index in [9.17, 15) is 14.7 Å². The molecule has 1 amide bonds. The molecule has 0 spiro atoms. The van der Waals surface area contributed by atoms with E-state index in [1.165, 1.54) is 19.1 Å². The summed E-state index contributed by atoms with van der Waals surface area (Å²) in [6.45, 7) is 3.26. The molecule has 2 aromatic carbocycles. The van der Waals surface area contributed by atoms with Gasteiger partial charge >= 0.3 is 5.97 Å². The number of aryl methyl sites for hydroxylation is 1. The van der Waals surface area contributed by atoms with Gasteiger partial charge in [0.15, 0.2) is 6.10 Å². The van der Waals surface area contributed by atoms with E-state index in [-0.39, 0.29) is 11.3 Å². The zero-order valence-corrected chi connectivity index (χ0v) is 14.3. The van der Waals surface area contributed by atoms with E-state index in [4.69, 9.17) is 4.74 Å². The van der Waals surface area contributed by atoms with Crippen molar-refractivity contribution in [1.29, 1.82) is 0 Å². The molecule has 0 saturated heterocycles. The molecule has 0 radical (unpaired) electrons. The van der Waals surface area contributed by atoms with Crippen LogP contribution < -0.4 is 5.32 Å². The molecule has 6 heteroatoms. The zero-order valence-electron chi connectivity index (χ0n) is 12.7. The molecule has 120 valence electrons. The maximum Gasteiger partial charge on any atom is 0.342 e. The summed E-state index contributed by atoms with van der Waals surface area (Å²) in [6, 6.07) is 11.6. The number of esters is 1. The molecule has 23 heavy (non-hydrogen) atoms. The highest BCUT2D eigenvalue weighted by atomic mass is 79.9. The second-order valence-corrected chi connectivity index (χ2v) is 5.98. The number of benzene rings is 2. The molecule has 0 bridgehead atoms. The Morgan fingerprint density at radius 3 is 2.48 bits per heavy atom. The Morgan fingerprint density at radius 2 is 1.83 bits per heavy atom. The van der Waals surface area contributed by atoms with Gasteiger partial charge in [0.1, 0.15) is 11.3 Å². The van der Waals surface area contributed by atoms with Gasteiger partial charge in [0.05, 0.1) is 0 Å². The van der Waals surface area contributed by atoms with Crippen LogP contribution in [0.2, 0.25) is 0 Å². The number of hydrogen-bond donors (Lipinski definition) is 2. The predicted octanol–water partition coefficient (Wildman–Crippen LogP) is 3.65. The Balaban J connectivity index is 2.01. The molecule has 5 nitrogen and oxygen atoms in total. The van der Waals surface area contributed by atoms with Gasteiger partial charge in [-0.1, -0.05) is 27.6 Å². The van der Waals surface area contributed by atoms with E-state index >= 15 is 0 Å². The van der Waals surface area contributed by atoms with Crippen LogP contribution in [0.3, 0.4) is 0 Å². The SMILES string of the molecule is Cc1ccc(O)c(C(=O)O[C@@H](C)C(=O)Nc2ccc(Br)cc2)c1. The number of phenolic OH excluding ortho intramolecular Hbond substituents is 1. The van der Waals surface area contributed by atoms with E-state index in [1.54, 1.807) is 37.3 Å². The second kappa shape index (κ2) is 7.28. The number of halogens is 1. The van der Waals surface area contributed by atoms with Crippen LogP contribution in [0.4, 0.5) is 5.69 Å². The van der Waals surface area contributed by atoms with Gasteiger partial charge in [-0.05, 0) is 50.2 Å². The van der Waals surface area contributed by atoms with Gasteiger partial charge in [0.2, 0.25) is 0 Å². The Morgan fingerprint density at radius 1 is 1.17 bits per heavy atom. The fourth-order valence-corrected chi connectivity index (χ4v) is 2.13. The van der Waals surface area contributed by atoms with Crippen molar-refractivity contribution in [3.63, 3.8) is 0 Å². The van der Waals surface area contributed by atoms with Gasteiger partial charge in [0, 0.05) is 10.2 Å². The lowest BCUT2D eigenvalue weighted by Gasteiger charge is -2.14. The van der Waals surface area contributed by atoms with Crippen molar-refractivity contribution >= 4 is 33.5 Å². The van der Waals surface area contributed by atoms with E-state index in [0.29, 0.717) is 5.69 Å². The monoisotopic (exact) mass is 377 g/mol. The number of rotatable bonds is 4. The van der Waals surface area contributed by atoms with Crippen molar-refractivity contribution in [2.24, 2.45) is 0 Å². The maximum atomic E-state index is 12.1. The normalized spacial score (nSPS) is 11.6. The lowest BCUT2D eigenvalue weighted by Crippen LogP contribution is -2.30. The minimum Gasteiger partial charge on any atom is -0.507 e. The summed E-state index contributed by atoms with van der Waals surface area (Å²) in [6.07, 6.45) is -0.994. The number of anilines is 1. The predicted molar refractivity (Wildman–Crippen MR) is 90.5 cm³/mol. The fraction of sp³-hybridized carbons (Fsp3) is 0.176. The van der Waals surface area contributed by atoms with Crippen LogP contribution >= 0.6 is 15.9 Å². The number of ether oxygens (including phenoxy) is 1. The third-order valence-corrected chi connectivity index (χ3v) is 3.67. The van der Waals surface area contributed by atoms with Gasteiger partial charge < -0.3 is 15.2 Å². The Kier molecular flexibility index (Phi) is 5.39. The van der Waals surface area contributed by atoms with Crippen LogP contribution in [0.5, 0.6) is 5.75 Å². The van der Waals surface area contributed by atoms with E-state index in [2.05, 4.69) is 21.2 Å². The highest BCUT2D eigenvalue weighted by molar-refractivity contribution is 9.10. The number of carbonyl (C=O) groups is 2. The van der Waals surface area contributed by atoms with Gasteiger partial charge in [0.25, 0.3) is 5.91 Å². The highest BCUT2D eigenvalue weighted by Crippen LogP contribution is 2.20. The summed E-state index contributed by atoms with van der Waals surface area (Å²) < 4.78 is 6.00. The second-order valence-electron chi connectivity index (χ2n) is 5.06. The van der Waals surface area contributed by atoms with Crippen molar-refractivity contribution in [3.8, 4) is 5.75 Å². The third kappa shape index (κ3) is 4.56. The first-order chi connectivity index (χ1) is 10.9. The Labute approximate surface area is 142 Å². The van der Waals surface area contributed by atoms with Crippen molar-refractivity contribution in [2.45, 2.75) is 20.0 Å². The van der Waals surface area contributed by atoms with Crippen molar-refractivity contribution in [2.75, 3.05) is 5.32 Å². The average Bonchev–Trinajstić information content (AvgIpc) is 2.51. The molecule has 0 aromatic heterocycles. The molecule has 0 heterocycles. The summed E-state index contributed by atoms with van der Waals surface area (Å²) in [5.74, 6) is -1.38. The number of hydrogen-bond acceptors (Lipinski definition) is 4. The molecule has 0 aliphatic rings. The largest absolute Gasteiger partial charge is 0.507 e. The molecule has 2 aromatic rings. The van der Waals surface area contributed by atoms with Crippen LogP contribution in [0, 0.1) is 6.92 Å². The molecule has 0 saturated carbocycles. The number of nitrogens with one attached hydrogen (secondary N) is 1. The lowest BCUT2D eigenvalue weighted by atomic mass is 10.1. The first-order valence-corrected chi connectivity index (χ1v) is 7.73. The van der Waals surface area contributed by atoms with E-state index < -0.39 is 18.0 Å². The van der Waals surface area contributed by atoms with Crippen LogP contribution in [0.1, 0.15) is 22.8 Å². The van der Waals surface area contributed by atoms with Gasteiger partial charge in [-0.15, -0.1) is 0 Å². The Bertz CT molecular complexity index is 728. The van der Waals surface area contributed by atoms with Crippen molar-refractivity contribution in [3.05, 3.63) is 58.1 Å². The van der Waals surface area contributed by atoms with Gasteiger partial charge in [-0.2, -0.15) is 0 Å². The summed E-state index contributed by atoms with van der Waals surface area (Å²) in [5.41, 5.74) is 1.44. The Hall–Kier alpha value is -2.34. The number of amides is 1. The quantitative estimate of drug-likeness (QED) is 0.797. The third-order valence-electron chi connectivity index (χ3n) is 3.14. The highest BCUT2D eigenvalue weighted by Gasteiger charge is 2.21. The molecule has 0 aliphatic carbocycles. The van der Waals surface area contributed by atoms with Crippen LogP contribution in [-0.4, -0.2) is 23.1 Å². The zero-order chi connectivity index (χ0) is 17.0. The molecule has 1 atom stereocenters. The molecular formula is C17H16BrNO4. The molecule has 0 unspecified atom stereocenters. The number of phenols is 1. The fourth-order valence-electron chi connectivity index (χ4n) is 1.87. The maximum absolute atomic E-state index is 12.1. The van der Waals surface area contributed by atoms with Crippen LogP contribution in [0.25, 0.3) is 0 Å².